The fraction of sp³-hybridized carbons (Fsp3) is 0.188. The fourth-order valence-electron chi connectivity index (χ4n) is 2.37. The van der Waals surface area contributed by atoms with Gasteiger partial charge >= 0.3 is 6.18 Å². The van der Waals surface area contributed by atoms with Crippen LogP contribution in [0.5, 0.6) is 11.5 Å². The lowest BCUT2D eigenvalue weighted by Crippen LogP contribution is -2.04. The van der Waals surface area contributed by atoms with Crippen molar-refractivity contribution in [2.75, 3.05) is 14.2 Å². The van der Waals surface area contributed by atoms with Gasteiger partial charge in [0.25, 0.3) is 0 Å². The van der Waals surface area contributed by atoms with Crippen LogP contribution in [0.4, 0.5) is 13.2 Å². The number of ether oxygens (including phenoxy) is 2. The number of nitrogens with zero attached hydrogens (tertiary/aromatic N) is 1. The first-order valence-electron chi connectivity index (χ1n) is 6.63. The highest BCUT2D eigenvalue weighted by atomic mass is 19.4. The molecule has 23 heavy (non-hydrogen) atoms. The van der Waals surface area contributed by atoms with E-state index < -0.39 is 11.7 Å². The minimum Gasteiger partial charge on any atom is -0.493 e. The van der Waals surface area contributed by atoms with E-state index in [4.69, 9.17) is 14.0 Å². The Morgan fingerprint density at radius 1 is 1.04 bits per heavy atom. The molecule has 1 aromatic heterocycles. The summed E-state index contributed by atoms with van der Waals surface area (Å²) in [5.74, 6) is 0.794. The minimum absolute atomic E-state index is 0.311. The van der Waals surface area contributed by atoms with Crippen LogP contribution in [0.25, 0.3) is 22.2 Å². The van der Waals surface area contributed by atoms with Crippen molar-refractivity contribution in [3.05, 3.63) is 42.0 Å². The zero-order chi connectivity index (χ0) is 16.6. The molecular formula is C16H12F3NO3. The molecule has 0 spiro atoms. The van der Waals surface area contributed by atoms with E-state index in [-0.39, 0.29) is 0 Å². The van der Waals surface area contributed by atoms with E-state index in [2.05, 4.69) is 5.16 Å². The maximum Gasteiger partial charge on any atom is 0.416 e. The van der Waals surface area contributed by atoms with E-state index in [1.165, 1.54) is 20.3 Å². The van der Waals surface area contributed by atoms with Crippen molar-refractivity contribution in [1.29, 1.82) is 0 Å². The average molecular weight is 323 g/mol. The second kappa shape index (κ2) is 5.49. The van der Waals surface area contributed by atoms with E-state index in [0.717, 1.165) is 12.1 Å². The Bertz CT molecular complexity index is 855. The van der Waals surface area contributed by atoms with Gasteiger partial charge in [-0.15, -0.1) is 0 Å². The highest BCUT2D eigenvalue weighted by molar-refractivity contribution is 5.96. The van der Waals surface area contributed by atoms with Crippen molar-refractivity contribution in [3.8, 4) is 22.8 Å². The van der Waals surface area contributed by atoms with Crippen LogP contribution in [0.15, 0.2) is 40.9 Å². The molecule has 4 nitrogen and oxygen atoms in total. The third-order valence-corrected chi connectivity index (χ3v) is 3.45. The summed E-state index contributed by atoms with van der Waals surface area (Å²) in [7, 11) is 2.93. The summed E-state index contributed by atoms with van der Waals surface area (Å²) in [4.78, 5) is 0. The van der Waals surface area contributed by atoms with Crippen molar-refractivity contribution in [3.63, 3.8) is 0 Å². The topological polar surface area (TPSA) is 44.5 Å². The Hall–Kier alpha value is -2.70. The van der Waals surface area contributed by atoms with Crippen LogP contribution in [-0.4, -0.2) is 19.4 Å². The number of fused-ring (bicyclic) bond motifs is 1. The van der Waals surface area contributed by atoms with Gasteiger partial charge in [0.1, 0.15) is 5.69 Å². The lowest BCUT2D eigenvalue weighted by molar-refractivity contribution is -0.137. The molecule has 0 aliphatic carbocycles. The van der Waals surface area contributed by atoms with Crippen molar-refractivity contribution in [2.45, 2.75) is 6.18 Å². The molecule has 0 bridgehead atoms. The first kappa shape index (κ1) is 15.2. The van der Waals surface area contributed by atoms with Gasteiger partial charge in [-0.05, 0) is 24.3 Å². The molecule has 0 fully saturated rings. The number of alkyl halides is 3. The lowest BCUT2D eigenvalue weighted by Gasteiger charge is -2.08. The Balaban J connectivity index is 2.19. The van der Waals surface area contributed by atoms with Gasteiger partial charge in [-0.25, -0.2) is 0 Å². The Labute approximate surface area is 129 Å². The summed E-state index contributed by atoms with van der Waals surface area (Å²) >= 11 is 0. The second-order valence-corrected chi connectivity index (χ2v) is 4.79. The molecule has 3 rings (SSSR count). The van der Waals surface area contributed by atoms with Gasteiger partial charge in [0.15, 0.2) is 5.75 Å². The van der Waals surface area contributed by atoms with E-state index in [1.54, 1.807) is 18.2 Å². The third-order valence-electron chi connectivity index (χ3n) is 3.45. The highest BCUT2D eigenvalue weighted by Crippen LogP contribution is 2.40. The van der Waals surface area contributed by atoms with Crippen LogP contribution in [0.1, 0.15) is 5.56 Å². The third kappa shape index (κ3) is 2.58. The molecule has 0 aliphatic heterocycles. The molecule has 7 heteroatoms. The Kier molecular flexibility index (Phi) is 3.63. The summed E-state index contributed by atoms with van der Waals surface area (Å²) in [5, 5.41) is 4.44. The molecule has 0 N–H and O–H groups in total. The van der Waals surface area contributed by atoms with Gasteiger partial charge in [-0.2, -0.15) is 13.2 Å². The largest absolute Gasteiger partial charge is 0.493 e. The van der Waals surface area contributed by atoms with Crippen LogP contribution in [0, 0.1) is 0 Å². The van der Waals surface area contributed by atoms with Gasteiger partial charge < -0.3 is 14.0 Å². The number of hydrogen-bond donors (Lipinski definition) is 0. The number of hydrogen-bond acceptors (Lipinski definition) is 4. The van der Waals surface area contributed by atoms with Gasteiger partial charge in [0.2, 0.25) is 11.3 Å². The molecule has 3 aromatic rings. The van der Waals surface area contributed by atoms with Crippen LogP contribution in [0.2, 0.25) is 0 Å². The zero-order valence-electron chi connectivity index (χ0n) is 12.3. The maximum atomic E-state index is 12.9. The van der Waals surface area contributed by atoms with Gasteiger partial charge in [-0.3, -0.25) is 0 Å². The predicted octanol–water partition coefficient (Wildman–Crippen LogP) is 4.53. The summed E-state index contributed by atoms with van der Waals surface area (Å²) in [6, 6.07) is 8.24. The van der Waals surface area contributed by atoms with Gasteiger partial charge in [0, 0.05) is 5.56 Å². The van der Waals surface area contributed by atoms with Crippen molar-refractivity contribution >= 4 is 11.0 Å². The first-order chi connectivity index (χ1) is 11.0. The molecule has 0 aliphatic rings. The molecule has 0 unspecified atom stereocenters. The summed E-state index contributed by atoms with van der Waals surface area (Å²) in [6.07, 6.45) is -4.42. The second-order valence-electron chi connectivity index (χ2n) is 4.79. The minimum atomic E-state index is -4.42. The standard InChI is InChI=1S/C16H12F3NO3/c1-21-12-7-6-11-13(20-23-14(11)15(12)22-2)9-4-3-5-10(8-9)16(17,18)19/h3-8H,1-2H3. The summed E-state index contributed by atoms with van der Waals surface area (Å²) < 4.78 is 54.2. The van der Waals surface area contributed by atoms with E-state index in [9.17, 15) is 13.2 Å². The lowest BCUT2D eigenvalue weighted by atomic mass is 10.0. The molecule has 0 saturated carbocycles. The number of halogens is 3. The fourth-order valence-corrected chi connectivity index (χ4v) is 2.37. The summed E-state index contributed by atoms with van der Waals surface area (Å²) in [6.45, 7) is 0. The van der Waals surface area contributed by atoms with E-state index >= 15 is 0 Å². The molecule has 0 radical (unpaired) electrons. The van der Waals surface area contributed by atoms with E-state index in [1.807, 2.05) is 0 Å². The molecule has 0 saturated heterocycles. The van der Waals surface area contributed by atoms with Crippen molar-refractivity contribution in [1.82, 2.24) is 5.16 Å². The molecular weight excluding hydrogens is 311 g/mol. The molecule has 2 aromatic carbocycles. The first-order valence-corrected chi connectivity index (χ1v) is 6.63. The summed E-state index contributed by atoms with van der Waals surface area (Å²) in [5.41, 5.74) is 0.198. The quantitative estimate of drug-likeness (QED) is 0.710. The molecule has 0 atom stereocenters. The Morgan fingerprint density at radius 3 is 2.48 bits per heavy atom. The SMILES string of the molecule is COc1ccc2c(-c3cccc(C(F)(F)F)c3)noc2c1OC. The number of aromatic nitrogens is 1. The van der Waals surface area contributed by atoms with Crippen LogP contribution < -0.4 is 9.47 Å². The Morgan fingerprint density at radius 2 is 1.83 bits per heavy atom. The zero-order valence-corrected chi connectivity index (χ0v) is 12.3. The molecule has 0 amide bonds. The van der Waals surface area contributed by atoms with Gasteiger partial charge in [-0.1, -0.05) is 17.3 Å². The number of rotatable bonds is 3. The monoisotopic (exact) mass is 323 g/mol. The maximum absolute atomic E-state index is 12.9. The molecule has 1 heterocycles. The van der Waals surface area contributed by atoms with Crippen LogP contribution >= 0.6 is 0 Å². The predicted molar refractivity (Wildman–Crippen MR) is 77.6 cm³/mol. The smallest absolute Gasteiger partial charge is 0.416 e. The van der Waals surface area contributed by atoms with Crippen LogP contribution in [-0.2, 0) is 6.18 Å². The normalized spacial score (nSPS) is 11.7. The van der Waals surface area contributed by atoms with E-state index in [0.29, 0.717) is 33.7 Å². The highest BCUT2D eigenvalue weighted by Gasteiger charge is 2.31. The van der Waals surface area contributed by atoms with Gasteiger partial charge in [0.05, 0.1) is 25.2 Å². The van der Waals surface area contributed by atoms with Crippen molar-refractivity contribution < 1.29 is 27.2 Å². The van der Waals surface area contributed by atoms with Crippen molar-refractivity contribution in [2.24, 2.45) is 0 Å². The number of benzene rings is 2. The van der Waals surface area contributed by atoms with Crippen LogP contribution in [0.3, 0.4) is 0 Å². The molecule has 120 valence electrons. The number of methoxy groups -OCH3 is 2. The average Bonchev–Trinajstić information content (AvgIpc) is 2.97.